The molecule has 0 saturated carbocycles. The molecule has 0 N–H and O–H groups in total. The van der Waals surface area contributed by atoms with Gasteiger partial charge >= 0.3 is 5.97 Å². The number of rotatable bonds is 3. The number of ether oxygens (including phenoxy) is 3. The molecule has 4 heteroatoms. The Morgan fingerprint density at radius 2 is 2.00 bits per heavy atom. The van der Waals surface area contributed by atoms with Gasteiger partial charge in [0.15, 0.2) is 0 Å². The lowest BCUT2D eigenvalue weighted by molar-refractivity contribution is -0.173. The van der Waals surface area contributed by atoms with Crippen LogP contribution in [0, 0.1) is 0 Å². The summed E-state index contributed by atoms with van der Waals surface area (Å²) in [6.07, 6.45) is 1.21. The Hall–Kier alpha value is -1.55. The summed E-state index contributed by atoms with van der Waals surface area (Å²) in [7, 11) is 1.64. The predicted molar refractivity (Wildman–Crippen MR) is 61.6 cm³/mol. The van der Waals surface area contributed by atoms with E-state index in [0.29, 0.717) is 0 Å². The second kappa shape index (κ2) is 5.19. The molecule has 0 spiro atoms. The second-order valence-corrected chi connectivity index (χ2v) is 4.01. The number of methoxy groups -OCH3 is 1. The van der Waals surface area contributed by atoms with Crippen molar-refractivity contribution >= 4 is 5.97 Å². The van der Waals surface area contributed by atoms with Crippen molar-refractivity contribution in [3.63, 3.8) is 0 Å². The monoisotopic (exact) mass is 236 g/mol. The number of carbonyl (C=O) groups is 1. The van der Waals surface area contributed by atoms with E-state index in [0.717, 1.165) is 24.2 Å². The molecule has 1 heterocycles. The first kappa shape index (κ1) is 11.9. The van der Waals surface area contributed by atoms with E-state index in [1.807, 2.05) is 24.3 Å². The highest BCUT2D eigenvalue weighted by molar-refractivity contribution is 5.66. The van der Waals surface area contributed by atoms with Crippen molar-refractivity contribution in [2.45, 2.75) is 32.2 Å². The zero-order valence-corrected chi connectivity index (χ0v) is 10.0. The van der Waals surface area contributed by atoms with Crippen molar-refractivity contribution in [2.24, 2.45) is 0 Å². The van der Waals surface area contributed by atoms with Gasteiger partial charge in [-0.2, -0.15) is 0 Å². The average Bonchev–Trinajstić information content (AvgIpc) is 2.77. The third-order valence-corrected chi connectivity index (χ3v) is 2.77. The molecule has 2 atom stereocenters. The molecule has 0 bridgehead atoms. The lowest BCUT2D eigenvalue weighted by atomic mass is 10.1. The Morgan fingerprint density at radius 3 is 2.59 bits per heavy atom. The fourth-order valence-electron chi connectivity index (χ4n) is 1.94. The van der Waals surface area contributed by atoms with E-state index in [4.69, 9.17) is 14.2 Å². The fourth-order valence-corrected chi connectivity index (χ4v) is 1.94. The maximum absolute atomic E-state index is 10.8. The number of benzene rings is 1. The van der Waals surface area contributed by atoms with E-state index in [1.165, 1.54) is 6.92 Å². The number of hydrogen-bond acceptors (Lipinski definition) is 4. The Balaban J connectivity index is 1.97. The van der Waals surface area contributed by atoms with Crippen molar-refractivity contribution in [3.8, 4) is 5.75 Å². The third-order valence-electron chi connectivity index (χ3n) is 2.77. The van der Waals surface area contributed by atoms with Crippen molar-refractivity contribution in [2.75, 3.05) is 7.11 Å². The van der Waals surface area contributed by atoms with Crippen LogP contribution in [0.15, 0.2) is 24.3 Å². The van der Waals surface area contributed by atoms with Crippen LogP contribution >= 0.6 is 0 Å². The summed E-state index contributed by atoms with van der Waals surface area (Å²) >= 11 is 0. The van der Waals surface area contributed by atoms with Gasteiger partial charge in [0.05, 0.1) is 13.2 Å². The standard InChI is InChI=1S/C13H16O4/c1-9(14)16-13-8-7-12(17-13)10-3-5-11(15-2)6-4-10/h3-6,12-13H,7-8H2,1-2H3/t12-,13+/m0/s1. The van der Waals surface area contributed by atoms with Gasteiger partial charge in [0.25, 0.3) is 0 Å². The summed E-state index contributed by atoms with van der Waals surface area (Å²) in [6.45, 7) is 1.39. The molecule has 92 valence electrons. The highest BCUT2D eigenvalue weighted by atomic mass is 16.7. The zero-order valence-electron chi connectivity index (χ0n) is 10.0. The summed E-state index contributed by atoms with van der Waals surface area (Å²) in [6, 6.07) is 7.75. The zero-order chi connectivity index (χ0) is 12.3. The minimum absolute atomic E-state index is 0.00487. The van der Waals surface area contributed by atoms with Crippen molar-refractivity contribution in [3.05, 3.63) is 29.8 Å². The molecule has 0 unspecified atom stereocenters. The third kappa shape index (κ3) is 2.97. The van der Waals surface area contributed by atoms with E-state index in [-0.39, 0.29) is 12.1 Å². The molecular weight excluding hydrogens is 220 g/mol. The molecular formula is C13H16O4. The van der Waals surface area contributed by atoms with Crippen LogP contribution in [0.25, 0.3) is 0 Å². The smallest absolute Gasteiger partial charge is 0.304 e. The summed E-state index contributed by atoms with van der Waals surface area (Å²) in [5.74, 6) is 0.522. The highest BCUT2D eigenvalue weighted by Crippen LogP contribution is 2.33. The van der Waals surface area contributed by atoms with Gasteiger partial charge in [-0.15, -0.1) is 0 Å². The molecule has 1 aliphatic rings. The lowest BCUT2D eigenvalue weighted by Gasteiger charge is -2.13. The van der Waals surface area contributed by atoms with Crippen LogP contribution in [0.1, 0.15) is 31.4 Å². The Kier molecular flexibility index (Phi) is 3.64. The Morgan fingerprint density at radius 1 is 1.29 bits per heavy atom. The van der Waals surface area contributed by atoms with Crippen LogP contribution in [0.5, 0.6) is 5.75 Å². The van der Waals surface area contributed by atoms with Crippen LogP contribution in [0.3, 0.4) is 0 Å². The Labute approximate surface area is 100 Å². The quantitative estimate of drug-likeness (QED) is 0.756. The molecule has 0 aliphatic carbocycles. The van der Waals surface area contributed by atoms with Crippen LogP contribution in [0.4, 0.5) is 0 Å². The first-order chi connectivity index (χ1) is 8.19. The molecule has 1 fully saturated rings. The minimum atomic E-state index is -0.403. The van der Waals surface area contributed by atoms with E-state index in [9.17, 15) is 4.79 Å². The van der Waals surface area contributed by atoms with E-state index < -0.39 is 6.29 Å². The van der Waals surface area contributed by atoms with Gasteiger partial charge in [0.1, 0.15) is 5.75 Å². The maximum Gasteiger partial charge on any atom is 0.304 e. The lowest BCUT2D eigenvalue weighted by Crippen LogP contribution is -2.14. The van der Waals surface area contributed by atoms with Gasteiger partial charge in [-0.1, -0.05) is 12.1 Å². The van der Waals surface area contributed by atoms with E-state index in [1.54, 1.807) is 7.11 Å². The van der Waals surface area contributed by atoms with Crippen molar-refractivity contribution in [1.82, 2.24) is 0 Å². The topological polar surface area (TPSA) is 44.8 Å². The first-order valence-electron chi connectivity index (χ1n) is 5.65. The number of esters is 1. The van der Waals surface area contributed by atoms with Crippen molar-refractivity contribution in [1.29, 1.82) is 0 Å². The van der Waals surface area contributed by atoms with Crippen LogP contribution in [-0.4, -0.2) is 19.4 Å². The molecule has 2 rings (SSSR count). The molecule has 0 amide bonds. The van der Waals surface area contributed by atoms with Gasteiger partial charge in [0.2, 0.25) is 6.29 Å². The highest BCUT2D eigenvalue weighted by Gasteiger charge is 2.28. The molecule has 1 aromatic rings. The van der Waals surface area contributed by atoms with Crippen LogP contribution < -0.4 is 4.74 Å². The summed E-state index contributed by atoms with van der Waals surface area (Å²) in [4.78, 5) is 10.8. The number of hydrogen-bond donors (Lipinski definition) is 0. The first-order valence-corrected chi connectivity index (χ1v) is 5.65. The molecule has 1 aromatic carbocycles. The van der Waals surface area contributed by atoms with E-state index in [2.05, 4.69) is 0 Å². The average molecular weight is 236 g/mol. The van der Waals surface area contributed by atoms with E-state index >= 15 is 0 Å². The predicted octanol–water partition coefficient (Wildman–Crippen LogP) is 2.44. The van der Waals surface area contributed by atoms with Crippen LogP contribution in [-0.2, 0) is 14.3 Å². The maximum atomic E-state index is 10.8. The molecule has 0 radical (unpaired) electrons. The van der Waals surface area contributed by atoms with Gasteiger partial charge in [0, 0.05) is 13.3 Å². The number of carbonyl (C=O) groups excluding carboxylic acids is 1. The van der Waals surface area contributed by atoms with Gasteiger partial charge in [-0.3, -0.25) is 4.79 Å². The summed E-state index contributed by atoms with van der Waals surface area (Å²) in [5.41, 5.74) is 1.08. The Bertz CT molecular complexity index is 385. The molecule has 1 aliphatic heterocycles. The minimum Gasteiger partial charge on any atom is -0.497 e. The van der Waals surface area contributed by atoms with Crippen LogP contribution in [0.2, 0.25) is 0 Å². The normalized spacial score (nSPS) is 23.4. The molecule has 17 heavy (non-hydrogen) atoms. The van der Waals surface area contributed by atoms with Gasteiger partial charge < -0.3 is 14.2 Å². The summed E-state index contributed by atoms with van der Waals surface area (Å²) < 4.78 is 15.8. The molecule has 1 saturated heterocycles. The SMILES string of the molecule is COc1ccc([C@@H]2CC[C@H](OC(C)=O)O2)cc1. The second-order valence-electron chi connectivity index (χ2n) is 4.01. The molecule has 0 aromatic heterocycles. The summed E-state index contributed by atoms with van der Waals surface area (Å²) in [5, 5.41) is 0. The fraction of sp³-hybridized carbons (Fsp3) is 0.462. The largest absolute Gasteiger partial charge is 0.497 e. The van der Waals surface area contributed by atoms with Crippen molar-refractivity contribution < 1.29 is 19.0 Å². The van der Waals surface area contributed by atoms with Gasteiger partial charge in [-0.05, 0) is 24.1 Å². The van der Waals surface area contributed by atoms with Gasteiger partial charge in [-0.25, -0.2) is 0 Å². The molecule has 4 nitrogen and oxygen atoms in total.